The predicted molar refractivity (Wildman–Crippen MR) is 148 cm³/mol. The van der Waals surface area contributed by atoms with Crippen molar-refractivity contribution in [1.82, 2.24) is 0 Å². The van der Waals surface area contributed by atoms with Gasteiger partial charge in [-0.2, -0.15) is 0 Å². The molecule has 0 aromatic carbocycles. The molecule has 12 heteroatoms. The fourth-order valence-corrected chi connectivity index (χ4v) is 7.40. The minimum absolute atomic E-state index is 0.0840. The van der Waals surface area contributed by atoms with Crippen molar-refractivity contribution in [3.8, 4) is 0 Å². The van der Waals surface area contributed by atoms with Crippen LogP contribution in [-0.2, 0) is 42.9 Å². The number of epoxide rings is 1. The molecule has 4 rings (SSSR count). The molecule has 0 spiro atoms. The van der Waals surface area contributed by atoms with E-state index >= 15 is 0 Å². The van der Waals surface area contributed by atoms with Gasteiger partial charge in [-0.3, -0.25) is 19.2 Å². The van der Waals surface area contributed by atoms with Crippen molar-refractivity contribution in [2.45, 2.75) is 120 Å². The van der Waals surface area contributed by atoms with Crippen LogP contribution in [0.15, 0.2) is 24.3 Å². The molecule has 0 amide bonds. The number of allylic oxidation sites excluding steroid dienone is 1. The Kier molecular flexibility index (Phi) is 8.93. The molecule has 0 aromatic rings. The molecule has 11 nitrogen and oxygen atoms in total. The van der Waals surface area contributed by atoms with Crippen LogP contribution in [0.1, 0.15) is 67.2 Å². The van der Waals surface area contributed by atoms with Crippen molar-refractivity contribution in [2.75, 3.05) is 0 Å². The number of carbonyl (C=O) groups excluding carboxylic acids is 4. The van der Waals surface area contributed by atoms with E-state index < -0.39 is 94.3 Å². The van der Waals surface area contributed by atoms with E-state index in [1.54, 1.807) is 19.9 Å². The van der Waals surface area contributed by atoms with Crippen LogP contribution < -0.4 is 0 Å². The lowest BCUT2D eigenvalue weighted by Crippen LogP contribution is -2.73. The molecular formula is C30H41ClO11. The first kappa shape index (κ1) is 32.4. The molecule has 1 saturated carbocycles. The lowest BCUT2D eigenvalue weighted by Gasteiger charge is -2.57. The Hall–Kier alpha value is -2.47. The van der Waals surface area contributed by atoms with E-state index in [9.17, 15) is 29.4 Å². The number of hydrogen-bond donors (Lipinski definition) is 2. The van der Waals surface area contributed by atoms with Crippen LogP contribution in [0.3, 0.4) is 0 Å². The molecule has 0 aromatic heterocycles. The lowest BCUT2D eigenvalue weighted by molar-refractivity contribution is -0.258. The fourth-order valence-electron chi connectivity index (χ4n) is 7.08. The highest BCUT2D eigenvalue weighted by Crippen LogP contribution is 2.63. The second-order valence-electron chi connectivity index (χ2n) is 12.2. The highest BCUT2D eigenvalue weighted by molar-refractivity contribution is 6.23. The Morgan fingerprint density at radius 1 is 1.02 bits per heavy atom. The lowest BCUT2D eigenvalue weighted by atomic mass is 9.52. The highest BCUT2D eigenvalue weighted by Gasteiger charge is 2.79. The Morgan fingerprint density at radius 3 is 2.19 bits per heavy atom. The third kappa shape index (κ3) is 5.16. The minimum atomic E-state index is -2.29. The maximum absolute atomic E-state index is 13.0. The zero-order valence-electron chi connectivity index (χ0n) is 24.8. The van der Waals surface area contributed by atoms with Crippen molar-refractivity contribution < 1.29 is 53.1 Å². The van der Waals surface area contributed by atoms with Gasteiger partial charge in [-0.1, -0.05) is 33.4 Å². The predicted octanol–water partition coefficient (Wildman–Crippen LogP) is 2.52. The quantitative estimate of drug-likeness (QED) is 0.188. The summed E-state index contributed by atoms with van der Waals surface area (Å²) in [5.74, 6) is -5.34. The number of rotatable bonds is 7. The van der Waals surface area contributed by atoms with Gasteiger partial charge in [-0.25, -0.2) is 0 Å². The van der Waals surface area contributed by atoms with Gasteiger partial charge in [0, 0.05) is 31.1 Å². The molecule has 12 atom stereocenters. The highest BCUT2D eigenvalue weighted by atomic mass is 35.5. The van der Waals surface area contributed by atoms with E-state index in [2.05, 4.69) is 6.58 Å². The zero-order valence-corrected chi connectivity index (χ0v) is 25.6. The number of aliphatic hydroxyl groups is 2. The number of esters is 4. The number of carbonyl (C=O) groups is 4. The molecule has 3 fully saturated rings. The van der Waals surface area contributed by atoms with E-state index in [1.807, 2.05) is 6.92 Å². The summed E-state index contributed by atoms with van der Waals surface area (Å²) >= 11 is 6.75. The van der Waals surface area contributed by atoms with Gasteiger partial charge in [0.1, 0.15) is 23.9 Å². The van der Waals surface area contributed by atoms with Crippen LogP contribution in [0.2, 0.25) is 0 Å². The zero-order chi connectivity index (χ0) is 31.4. The van der Waals surface area contributed by atoms with Crippen LogP contribution in [0.25, 0.3) is 0 Å². The van der Waals surface area contributed by atoms with Crippen LogP contribution >= 0.6 is 11.6 Å². The van der Waals surface area contributed by atoms with Crippen LogP contribution in [0, 0.1) is 17.3 Å². The first-order chi connectivity index (χ1) is 19.6. The molecule has 0 bridgehead atoms. The molecular weight excluding hydrogens is 572 g/mol. The molecule has 0 radical (unpaired) electrons. The number of fused-ring (bicyclic) bond motifs is 4. The molecule has 2 aliphatic carbocycles. The van der Waals surface area contributed by atoms with Crippen LogP contribution in [-0.4, -0.2) is 87.3 Å². The van der Waals surface area contributed by atoms with Gasteiger partial charge in [0.05, 0.1) is 17.4 Å². The maximum atomic E-state index is 13.0. The van der Waals surface area contributed by atoms with Gasteiger partial charge in [0.15, 0.2) is 17.8 Å². The molecule has 8 unspecified atom stereocenters. The van der Waals surface area contributed by atoms with Gasteiger partial charge in [0.25, 0.3) is 0 Å². The summed E-state index contributed by atoms with van der Waals surface area (Å²) in [6, 6.07) is 0. The second-order valence-corrected chi connectivity index (χ2v) is 12.7. The van der Waals surface area contributed by atoms with Gasteiger partial charge >= 0.3 is 23.9 Å². The van der Waals surface area contributed by atoms with E-state index in [-0.39, 0.29) is 18.4 Å². The minimum Gasteiger partial charge on any atom is -0.459 e. The van der Waals surface area contributed by atoms with Gasteiger partial charge in [-0.05, 0) is 38.3 Å². The van der Waals surface area contributed by atoms with Gasteiger partial charge < -0.3 is 33.9 Å². The molecule has 234 valence electrons. The Labute approximate surface area is 250 Å². The Balaban J connectivity index is 2.00. The summed E-state index contributed by atoms with van der Waals surface area (Å²) in [5, 5.41) is 23.8. The van der Waals surface area contributed by atoms with E-state index in [0.717, 1.165) is 6.92 Å². The summed E-state index contributed by atoms with van der Waals surface area (Å²) in [6.45, 7) is 13.2. The first-order valence-corrected chi connectivity index (χ1v) is 14.9. The van der Waals surface area contributed by atoms with Crippen molar-refractivity contribution in [3.05, 3.63) is 24.3 Å². The van der Waals surface area contributed by atoms with Crippen LogP contribution in [0.5, 0.6) is 0 Å². The summed E-state index contributed by atoms with van der Waals surface area (Å²) in [5.41, 5.74) is -5.50. The SMILES string of the molecule is C=C1/C=C\[C@H](OC(=O)CCC)[C@@]2(C)C3OC3C(OC(=O)CCC)[C@@](C)(O)C2[C@H](OC(C)=O)C2(O)C(C)C(=O)OC2C1Cl. The van der Waals surface area contributed by atoms with Crippen molar-refractivity contribution in [2.24, 2.45) is 17.3 Å². The topological polar surface area (TPSA) is 158 Å². The van der Waals surface area contributed by atoms with E-state index in [0.29, 0.717) is 12.8 Å². The average Bonchev–Trinajstić information content (AvgIpc) is 3.67. The van der Waals surface area contributed by atoms with Gasteiger partial charge in [0.2, 0.25) is 0 Å². The normalized spacial score (nSPS) is 44.9. The molecule has 2 aliphatic heterocycles. The van der Waals surface area contributed by atoms with Crippen molar-refractivity contribution >= 4 is 35.5 Å². The maximum Gasteiger partial charge on any atom is 0.312 e. The third-order valence-corrected chi connectivity index (χ3v) is 9.76. The average molecular weight is 613 g/mol. The molecule has 4 aliphatic rings. The Bertz CT molecular complexity index is 1170. The number of hydrogen-bond acceptors (Lipinski definition) is 11. The third-order valence-electron chi connectivity index (χ3n) is 9.25. The summed E-state index contributed by atoms with van der Waals surface area (Å²) in [4.78, 5) is 51.3. The number of alkyl halides is 1. The van der Waals surface area contributed by atoms with E-state index in [4.69, 9.17) is 35.3 Å². The number of ether oxygens (including phenoxy) is 5. The smallest absolute Gasteiger partial charge is 0.312 e. The fraction of sp³-hybridized carbons (Fsp3) is 0.733. The van der Waals surface area contributed by atoms with Gasteiger partial charge in [-0.15, -0.1) is 11.6 Å². The number of halogens is 1. The second kappa shape index (κ2) is 11.6. The van der Waals surface area contributed by atoms with E-state index in [1.165, 1.54) is 19.9 Å². The first-order valence-electron chi connectivity index (χ1n) is 14.4. The standard InChI is InChI=1S/C30H41ClO11/c1-8-10-18(33)39-17-13-12-14(3)20(31)23-30(37,15(4)27(35)42-23)26(38-16(5)32)22-28(17,6)24-21(41-24)25(29(22,7)36)40-19(34)11-9-2/h12-13,15,17,20-26,36-37H,3,8-11H2,1-2,4-7H3/b13-12-/t15?,17-,20?,21?,22?,23?,24?,25?,26-,28+,29-,30?/m0/s1. The van der Waals surface area contributed by atoms with Crippen LogP contribution in [0.4, 0.5) is 0 Å². The largest absolute Gasteiger partial charge is 0.459 e. The summed E-state index contributed by atoms with van der Waals surface area (Å²) < 4.78 is 29.3. The molecule has 2 heterocycles. The Morgan fingerprint density at radius 2 is 1.62 bits per heavy atom. The molecule has 2 saturated heterocycles. The summed E-state index contributed by atoms with van der Waals surface area (Å²) in [6.07, 6.45) is -2.76. The molecule has 2 N–H and O–H groups in total. The van der Waals surface area contributed by atoms with Crippen molar-refractivity contribution in [1.29, 1.82) is 0 Å². The van der Waals surface area contributed by atoms with Crippen molar-refractivity contribution in [3.63, 3.8) is 0 Å². The summed E-state index contributed by atoms with van der Waals surface area (Å²) in [7, 11) is 0. The molecule has 42 heavy (non-hydrogen) atoms. The monoisotopic (exact) mass is 612 g/mol.